The second-order valence-corrected chi connectivity index (χ2v) is 9.93. The van der Waals surface area contributed by atoms with Gasteiger partial charge in [0.25, 0.3) is 0 Å². The molecule has 1 atom stereocenters. The summed E-state index contributed by atoms with van der Waals surface area (Å²) in [5, 5.41) is 4.77. The predicted molar refractivity (Wildman–Crippen MR) is 117 cm³/mol. The summed E-state index contributed by atoms with van der Waals surface area (Å²) < 4.78 is 31.8. The molecule has 8 heteroatoms. The normalized spacial score (nSPS) is 15.7. The van der Waals surface area contributed by atoms with Crippen LogP contribution in [0.2, 0.25) is 5.02 Å². The number of fused-ring (bicyclic) bond motifs is 1. The van der Waals surface area contributed by atoms with Crippen molar-refractivity contribution in [2.45, 2.75) is 22.1 Å². The van der Waals surface area contributed by atoms with Gasteiger partial charge >= 0.3 is 0 Å². The van der Waals surface area contributed by atoms with Crippen molar-refractivity contribution < 1.29 is 17.9 Å². The summed E-state index contributed by atoms with van der Waals surface area (Å²) in [7, 11) is -3.81. The first kappa shape index (κ1) is 20.5. The molecule has 1 aliphatic heterocycles. The molecule has 0 aliphatic carbocycles. The maximum absolute atomic E-state index is 13.2. The molecule has 0 bridgehead atoms. The third-order valence-corrected chi connectivity index (χ3v) is 8.04. The highest BCUT2D eigenvalue weighted by Gasteiger charge is 2.34. The molecular weight excluding hydrogens is 442 g/mol. The zero-order valence-electron chi connectivity index (χ0n) is 15.6. The Morgan fingerprint density at radius 2 is 2.00 bits per heavy atom. The Morgan fingerprint density at radius 3 is 2.73 bits per heavy atom. The summed E-state index contributed by atoms with van der Waals surface area (Å²) in [4.78, 5) is 13.4. The van der Waals surface area contributed by atoms with Crippen LogP contribution in [0.5, 0.6) is 5.75 Å². The van der Waals surface area contributed by atoms with Crippen molar-refractivity contribution in [2.75, 3.05) is 11.9 Å². The Labute approximate surface area is 183 Å². The molecule has 1 amide bonds. The molecule has 152 valence electrons. The van der Waals surface area contributed by atoms with Gasteiger partial charge in [-0.3, -0.25) is 4.79 Å². The van der Waals surface area contributed by atoms with Gasteiger partial charge in [0.15, 0.2) is 0 Å². The smallest absolute Gasteiger partial charge is 0.225 e. The van der Waals surface area contributed by atoms with E-state index >= 15 is 0 Å². The second kappa shape index (κ2) is 8.15. The van der Waals surface area contributed by atoms with Gasteiger partial charge in [-0.1, -0.05) is 29.7 Å². The second-order valence-electron chi connectivity index (χ2n) is 6.67. The highest BCUT2D eigenvalue weighted by atomic mass is 35.5. The van der Waals surface area contributed by atoms with Gasteiger partial charge in [-0.2, -0.15) is 0 Å². The Balaban J connectivity index is 1.76. The molecule has 0 saturated carbocycles. The van der Waals surface area contributed by atoms with E-state index in [1.807, 2.05) is 18.2 Å². The Morgan fingerprint density at radius 1 is 1.23 bits per heavy atom. The van der Waals surface area contributed by atoms with Gasteiger partial charge in [0.05, 0.1) is 10.6 Å². The van der Waals surface area contributed by atoms with Gasteiger partial charge in [0, 0.05) is 27.6 Å². The van der Waals surface area contributed by atoms with E-state index in [1.54, 1.807) is 11.4 Å². The fraction of sp³-hybridized carbons (Fsp3) is 0.136. The molecule has 3 aromatic rings. The fourth-order valence-electron chi connectivity index (χ4n) is 3.36. The Bertz CT molecular complexity index is 1260. The number of ether oxygens (including phenoxy) is 1. The number of hydrogen-bond acceptors (Lipinski definition) is 5. The van der Waals surface area contributed by atoms with Crippen LogP contribution in [-0.4, -0.2) is 20.9 Å². The highest BCUT2D eigenvalue weighted by Crippen LogP contribution is 2.46. The predicted octanol–water partition coefficient (Wildman–Crippen LogP) is 4.72. The SMILES string of the molecule is C#CCOc1cccc(C2CC(=O)Nc3c(S(=O)(=O)c4ccc(Cl)cc4)csc32)c1. The minimum atomic E-state index is -3.81. The summed E-state index contributed by atoms with van der Waals surface area (Å²) in [5.74, 6) is 2.50. The number of anilines is 1. The maximum Gasteiger partial charge on any atom is 0.225 e. The summed E-state index contributed by atoms with van der Waals surface area (Å²) in [6.07, 6.45) is 5.46. The Kier molecular flexibility index (Phi) is 5.56. The van der Waals surface area contributed by atoms with Crippen LogP contribution < -0.4 is 10.1 Å². The lowest BCUT2D eigenvalue weighted by Gasteiger charge is -2.24. The average molecular weight is 458 g/mol. The number of benzene rings is 2. The number of amides is 1. The molecule has 4 rings (SSSR count). The van der Waals surface area contributed by atoms with E-state index in [1.165, 1.54) is 35.6 Å². The summed E-state index contributed by atoms with van der Waals surface area (Å²) in [6.45, 7) is 0.141. The number of hydrogen-bond donors (Lipinski definition) is 1. The van der Waals surface area contributed by atoms with Gasteiger partial charge < -0.3 is 10.1 Å². The first-order chi connectivity index (χ1) is 14.4. The van der Waals surface area contributed by atoms with Crippen molar-refractivity contribution >= 4 is 44.4 Å². The summed E-state index contributed by atoms with van der Waals surface area (Å²) in [5.41, 5.74) is 1.20. The number of thiophene rings is 1. The minimum Gasteiger partial charge on any atom is -0.481 e. The number of terminal acetylenes is 1. The van der Waals surface area contributed by atoms with Crippen LogP contribution in [0.15, 0.2) is 63.7 Å². The quantitative estimate of drug-likeness (QED) is 0.562. The highest BCUT2D eigenvalue weighted by molar-refractivity contribution is 7.91. The molecule has 1 N–H and O–H groups in total. The number of sulfone groups is 1. The zero-order chi connectivity index (χ0) is 21.3. The molecule has 30 heavy (non-hydrogen) atoms. The maximum atomic E-state index is 13.2. The van der Waals surface area contributed by atoms with Crippen molar-refractivity contribution in [1.82, 2.24) is 0 Å². The molecular formula is C22H16ClNO4S2. The van der Waals surface area contributed by atoms with E-state index < -0.39 is 9.84 Å². The van der Waals surface area contributed by atoms with Crippen molar-refractivity contribution in [3.63, 3.8) is 0 Å². The van der Waals surface area contributed by atoms with Crippen LogP contribution in [0.25, 0.3) is 0 Å². The average Bonchev–Trinajstić information content (AvgIpc) is 3.16. The molecule has 0 fully saturated rings. The number of rotatable bonds is 5. The lowest BCUT2D eigenvalue weighted by atomic mass is 9.90. The van der Waals surface area contributed by atoms with Crippen LogP contribution in [0, 0.1) is 12.3 Å². The molecule has 0 radical (unpaired) electrons. The van der Waals surface area contributed by atoms with E-state index in [-0.39, 0.29) is 34.6 Å². The summed E-state index contributed by atoms with van der Waals surface area (Å²) in [6, 6.07) is 13.3. The van der Waals surface area contributed by atoms with Gasteiger partial charge in [-0.15, -0.1) is 17.8 Å². The Hall–Kier alpha value is -2.79. The van der Waals surface area contributed by atoms with Crippen molar-refractivity contribution in [1.29, 1.82) is 0 Å². The molecule has 5 nitrogen and oxygen atoms in total. The van der Waals surface area contributed by atoms with E-state index in [4.69, 9.17) is 22.8 Å². The van der Waals surface area contributed by atoms with Gasteiger partial charge in [0.1, 0.15) is 17.3 Å². The summed E-state index contributed by atoms with van der Waals surface area (Å²) >= 11 is 7.19. The largest absolute Gasteiger partial charge is 0.481 e. The molecule has 2 aromatic carbocycles. The molecule has 1 unspecified atom stereocenters. The molecule has 2 heterocycles. The topological polar surface area (TPSA) is 72.5 Å². The van der Waals surface area contributed by atoms with E-state index in [0.717, 1.165) is 10.4 Å². The van der Waals surface area contributed by atoms with Crippen molar-refractivity contribution in [2.24, 2.45) is 0 Å². The minimum absolute atomic E-state index is 0.0857. The monoisotopic (exact) mass is 457 g/mol. The molecule has 1 aliphatic rings. The third-order valence-electron chi connectivity index (χ3n) is 4.75. The first-order valence-corrected chi connectivity index (χ1v) is 11.7. The van der Waals surface area contributed by atoms with E-state index in [9.17, 15) is 13.2 Å². The van der Waals surface area contributed by atoms with E-state index in [2.05, 4.69) is 11.2 Å². The third kappa shape index (κ3) is 3.82. The van der Waals surface area contributed by atoms with Crippen LogP contribution >= 0.6 is 22.9 Å². The molecule has 0 spiro atoms. The van der Waals surface area contributed by atoms with Crippen LogP contribution in [0.3, 0.4) is 0 Å². The zero-order valence-corrected chi connectivity index (χ0v) is 18.0. The number of nitrogens with one attached hydrogen (secondary N) is 1. The van der Waals surface area contributed by atoms with Crippen LogP contribution in [0.1, 0.15) is 22.8 Å². The number of carbonyl (C=O) groups excluding carboxylic acids is 1. The van der Waals surface area contributed by atoms with Gasteiger partial charge in [-0.05, 0) is 42.0 Å². The number of carbonyl (C=O) groups is 1. The van der Waals surface area contributed by atoms with Crippen LogP contribution in [0.4, 0.5) is 5.69 Å². The molecule has 1 aromatic heterocycles. The number of halogens is 1. The first-order valence-electron chi connectivity index (χ1n) is 8.98. The standard InChI is InChI=1S/C22H16ClNO4S2/c1-2-10-28-16-5-3-4-14(11-16)18-12-20(25)24-21-19(13-29-22(18)21)30(26,27)17-8-6-15(23)7-9-17/h1,3-9,11,13,18H,10,12H2,(H,24,25). The van der Waals surface area contributed by atoms with Crippen molar-refractivity contribution in [3.8, 4) is 18.1 Å². The van der Waals surface area contributed by atoms with Gasteiger partial charge in [-0.25, -0.2) is 8.42 Å². The van der Waals surface area contributed by atoms with Gasteiger partial charge in [0.2, 0.25) is 15.7 Å². The van der Waals surface area contributed by atoms with Crippen molar-refractivity contribution in [3.05, 3.63) is 69.4 Å². The fourth-order valence-corrected chi connectivity index (χ4v) is 6.39. The van der Waals surface area contributed by atoms with Crippen LogP contribution in [-0.2, 0) is 14.6 Å². The lowest BCUT2D eigenvalue weighted by Crippen LogP contribution is -2.23. The molecule has 0 saturated heterocycles. The van der Waals surface area contributed by atoms with E-state index in [0.29, 0.717) is 16.5 Å². The lowest BCUT2D eigenvalue weighted by molar-refractivity contribution is -0.116.